The first-order valence-corrected chi connectivity index (χ1v) is 11.2. The average molecular weight is 434 g/mol. The van der Waals surface area contributed by atoms with Gasteiger partial charge >= 0.3 is 0 Å². The molecule has 5 nitrogen and oxygen atoms in total. The third kappa shape index (κ3) is 3.26. The molecule has 0 amide bonds. The van der Waals surface area contributed by atoms with Crippen LogP contribution in [-0.2, 0) is 13.1 Å². The van der Waals surface area contributed by atoms with Crippen molar-refractivity contribution in [1.29, 1.82) is 0 Å². The number of hydrogen-bond donors (Lipinski definition) is 1. The lowest BCUT2D eigenvalue weighted by atomic mass is 9.82. The Morgan fingerprint density at radius 2 is 1.86 bits per heavy atom. The van der Waals surface area contributed by atoms with Crippen molar-refractivity contribution in [2.75, 3.05) is 0 Å². The van der Waals surface area contributed by atoms with Gasteiger partial charge in [-0.05, 0) is 56.4 Å². The molecule has 3 aromatic rings. The van der Waals surface area contributed by atoms with Crippen LogP contribution in [0.4, 0.5) is 0 Å². The highest BCUT2D eigenvalue weighted by atomic mass is 35.5. The van der Waals surface area contributed by atoms with Gasteiger partial charge in [-0.2, -0.15) is 0 Å². The molecular formula is C20H21Cl2N5S. The van der Waals surface area contributed by atoms with Crippen LogP contribution in [0, 0.1) is 6.92 Å². The molecule has 0 radical (unpaired) electrons. The van der Waals surface area contributed by atoms with Crippen LogP contribution in [0.25, 0.3) is 5.69 Å². The van der Waals surface area contributed by atoms with Crippen molar-refractivity contribution in [3.8, 4) is 5.69 Å². The van der Waals surface area contributed by atoms with Crippen LogP contribution >= 0.6 is 34.5 Å². The fourth-order valence-electron chi connectivity index (χ4n) is 4.37. The quantitative estimate of drug-likeness (QED) is 0.588. The molecule has 146 valence electrons. The van der Waals surface area contributed by atoms with Crippen LogP contribution in [0.15, 0.2) is 18.2 Å². The van der Waals surface area contributed by atoms with Gasteiger partial charge in [-0.25, -0.2) is 4.98 Å². The van der Waals surface area contributed by atoms with Crippen molar-refractivity contribution in [3.05, 3.63) is 55.5 Å². The van der Waals surface area contributed by atoms with Crippen molar-refractivity contribution in [1.82, 2.24) is 25.1 Å². The van der Waals surface area contributed by atoms with E-state index in [0.717, 1.165) is 64.6 Å². The maximum atomic E-state index is 6.23. The molecular weight excluding hydrogens is 413 g/mol. The van der Waals surface area contributed by atoms with Gasteiger partial charge in [-0.1, -0.05) is 23.2 Å². The molecule has 0 unspecified atom stereocenters. The number of rotatable bonds is 2. The van der Waals surface area contributed by atoms with E-state index >= 15 is 0 Å². The molecule has 0 bridgehead atoms. The number of fused-ring (bicyclic) bond motifs is 3. The van der Waals surface area contributed by atoms with Crippen LogP contribution in [0.3, 0.4) is 0 Å². The van der Waals surface area contributed by atoms with Gasteiger partial charge in [0, 0.05) is 23.4 Å². The van der Waals surface area contributed by atoms with E-state index in [-0.39, 0.29) is 0 Å². The van der Waals surface area contributed by atoms with E-state index in [1.54, 1.807) is 11.3 Å². The van der Waals surface area contributed by atoms with Gasteiger partial charge in [0.15, 0.2) is 5.82 Å². The zero-order valence-electron chi connectivity index (χ0n) is 15.6. The van der Waals surface area contributed by atoms with E-state index in [2.05, 4.69) is 31.1 Å². The molecule has 2 aliphatic rings. The van der Waals surface area contributed by atoms with E-state index < -0.39 is 0 Å². The molecule has 1 fully saturated rings. The zero-order valence-corrected chi connectivity index (χ0v) is 17.9. The second kappa shape index (κ2) is 7.41. The van der Waals surface area contributed by atoms with E-state index in [4.69, 9.17) is 23.2 Å². The van der Waals surface area contributed by atoms with E-state index in [1.807, 2.05) is 19.1 Å². The lowest BCUT2D eigenvalue weighted by Crippen LogP contribution is -2.16. The summed E-state index contributed by atoms with van der Waals surface area (Å²) in [7, 11) is 0. The molecule has 1 aliphatic carbocycles. The van der Waals surface area contributed by atoms with Gasteiger partial charge in [0.05, 0.1) is 22.9 Å². The maximum absolute atomic E-state index is 6.23. The molecule has 28 heavy (non-hydrogen) atoms. The third-order valence-corrected chi connectivity index (χ3v) is 7.68. The number of benzene rings is 1. The first-order valence-electron chi connectivity index (χ1n) is 9.66. The number of halogens is 2. The first kappa shape index (κ1) is 18.6. The monoisotopic (exact) mass is 433 g/mol. The lowest BCUT2D eigenvalue weighted by molar-refractivity contribution is 0.381. The van der Waals surface area contributed by atoms with Gasteiger partial charge < -0.3 is 5.32 Å². The largest absolute Gasteiger partial charge is 0.306 e. The number of nitrogens with zero attached hydrogens (tertiary/aromatic N) is 4. The molecule has 1 aromatic carbocycles. The number of hydrogen-bond acceptors (Lipinski definition) is 5. The number of aryl methyl sites for hydroxylation is 1. The molecule has 0 atom stereocenters. The van der Waals surface area contributed by atoms with Crippen molar-refractivity contribution in [3.63, 3.8) is 0 Å². The summed E-state index contributed by atoms with van der Waals surface area (Å²) in [6.45, 7) is 3.48. The standard InChI is InChI=1S/C20H21Cl2N5S/c1-11-18(22)28-20(24-11)13-4-2-12(3-5-13)19-26-25-17-10-23-9-14-8-15(21)6-7-16(14)27(17)19/h6-8,12-13,23H,2-5,9-10H2,1H3. The predicted octanol–water partition coefficient (Wildman–Crippen LogP) is 5.38. The Morgan fingerprint density at radius 3 is 2.61 bits per heavy atom. The Balaban J connectivity index is 1.42. The Bertz CT molecular complexity index is 1000. The first-order chi connectivity index (χ1) is 13.6. The highest BCUT2D eigenvalue weighted by Gasteiger charge is 2.31. The second-order valence-corrected chi connectivity index (χ2v) is 9.72. The molecule has 5 rings (SSSR count). The fourth-order valence-corrected chi connectivity index (χ4v) is 5.80. The van der Waals surface area contributed by atoms with Crippen LogP contribution < -0.4 is 5.32 Å². The molecule has 1 saturated carbocycles. The molecule has 2 aromatic heterocycles. The zero-order chi connectivity index (χ0) is 19.3. The molecule has 1 aliphatic heterocycles. The van der Waals surface area contributed by atoms with Gasteiger partial charge in [0.2, 0.25) is 0 Å². The number of thiazole rings is 1. The van der Waals surface area contributed by atoms with Crippen molar-refractivity contribution < 1.29 is 0 Å². The summed E-state index contributed by atoms with van der Waals surface area (Å²) in [5.41, 5.74) is 3.29. The summed E-state index contributed by atoms with van der Waals surface area (Å²) >= 11 is 14.1. The Hall–Kier alpha value is -1.47. The average Bonchev–Trinajstić information content (AvgIpc) is 3.20. The normalized spacial score (nSPS) is 21.8. The summed E-state index contributed by atoms with van der Waals surface area (Å²) in [6.07, 6.45) is 4.41. The Morgan fingerprint density at radius 1 is 1.07 bits per heavy atom. The summed E-state index contributed by atoms with van der Waals surface area (Å²) in [4.78, 5) is 4.67. The van der Waals surface area contributed by atoms with Gasteiger partial charge in [-0.15, -0.1) is 21.5 Å². The molecule has 3 heterocycles. The van der Waals surface area contributed by atoms with Crippen molar-refractivity contribution in [2.24, 2.45) is 0 Å². The van der Waals surface area contributed by atoms with E-state index in [1.165, 1.54) is 10.6 Å². The topological polar surface area (TPSA) is 55.6 Å². The second-order valence-electron chi connectivity index (χ2n) is 7.65. The Kier molecular flexibility index (Phi) is 4.91. The fraction of sp³-hybridized carbons (Fsp3) is 0.450. The molecule has 0 saturated heterocycles. The summed E-state index contributed by atoms with van der Waals surface area (Å²) in [5.74, 6) is 2.97. The maximum Gasteiger partial charge on any atom is 0.151 e. The highest BCUT2D eigenvalue weighted by molar-refractivity contribution is 7.16. The molecule has 0 spiro atoms. The van der Waals surface area contributed by atoms with Crippen LogP contribution in [0.1, 0.15) is 65.4 Å². The van der Waals surface area contributed by atoms with Crippen LogP contribution in [0.5, 0.6) is 0 Å². The minimum absolute atomic E-state index is 0.413. The summed E-state index contributed by atoms with van der Waals surface area (Å²) in [6, 6.07) is 6.08. The van der Waals surface area contributed by atoms with Gasteiger partial charge in [-0.3, -0.25) is 4.57 Å². The lowest BCUT2D eigenvalue weighted by Gasteiger charge is -2.27. The van der Waals surface area contributed by atoms with Crippen LogP contribution in [-0.4, -0.2) is 19.7 Å². The van der Waals surface area contributed by atoms with E-state index in [0.29, 0.717) is 18.4 Å². The number of aromatic nitrogens is 4. The summed E-state index contributed by atoms with van der Waals surface area (Å²) < 4.78 is 3.07. The molecule has 1 N–H and O–H groups in total. The van der Waals surface area contributed by atoms with E-state index in [9.17, 15) is 0 Å². The van der Waals surface area contributed by atoms with Crippen molar-refractivity contribution >= 4 is 34.5 Å². The highest BCUT2D eigenvalue weighted by Crippen LogP contribution is 2.43. The van der Waals surface area contributed by atoms with Gasteiger partial charge in [0.1, 0.15) is 10.2 Å². The van der Waals surface area contributed by atoms with Crippen LogP contribution in [0.2, 0.25) is 9.36 Å². The Labute approximate surface area is 178 Å². The van der Waals surface area contributed by atoms with Gasteiger partial charge in [0.25, 0.3) is 0 Å². The smallest absolute Gasteiger partial charge is 0.151 e. The third-order valence-electron chi connectivity index (χ3n) is 5.83. The van der Waals surface area contributed by atoms with Crippen molar-refractivity contribution in [2.45, 2.75) is 57.5 Å². The molecule has 8 heteroatoms. The summed E-state index contributed by atoms with van der Waals surface area (Å²) in [5, 5.41) is 14.5. The minimum atomic E-state index is 0.413. The predicted molar refractivity (Wildman–Crippen MR) is 113 cm³/mol. The number of nitrogens with one attached hydrogen (secondary N) is 1. The minimum Gasteiger partial charge on any atom is -0.306 e. The SMILES string of the molecule is Cc1nc(C2CCC(c3nnc4n3-c3ccc(Cl)cc3CNC4)CC2)sc1Cl.